The summed E-state index contributed by atoms with van der Waals surface area (Å²) in [6, 6.07) is 6.56. The summed E-state index contributed by atoms with van der Waals surface area (Å²) in [5.41, 5.74) is 3.93. The Balaban J connectivity index is 1.92. The Morgan fingerprint density at radius 3 is 2.25 bits per heavy atom. The third-order valence-electron chi connectivity index (χ3n) is 5.24. The molecular formula is C19H30O. The molecule has 0 saturated heterocycles. The summed E-state index contributed by atoms with van der Waals surface area (Å²) in [7, 11) is 0. The molecule has 1 aromatic carbocycles. The predicted molar refractivity (Wildman–Crippen MR) is 85.9 cm³/mol. The highest BCUT2D eigenvalue weighted by molar-refractivity contribution is 5.31. The SMILES string of the molecule is Cc1ccc(C)c(CC(O)C2CCC(C(C)C)CC2)c1. The van der Waals surface area contributed by atoms with E-state index in [2.05, 4.69) is 45.9 Å². The lowest BCUT2D eigenvalue weighted by Gasteiger charge is -2.33. The summed E-state index contributed by atoms with van der Waals surface area (Å²) in [5.74, 6) is 2.18. The fourth-order valence-corrected chi connectivity index (χ4v) is 3.61. The van der Waals surface area contributed by atoms with Crippen molar-refractivity contribution < 1.29 is 5.11 Å². The summed E-state index contributed by atoms with van der Waals surface area (Å²) < 4.78 is 0. The van der Waals surface area contributed by atoms with Crippen LogP contribution in [-0.4, -0.2) is 11.2 Å². The highest BCUT2D eigenvalue weighted by atomic mass is 16.3. The zero-order valence-electron chi connectivity index (χ0n) is 13.5. The molecule has 1 unspecified atom stereocenters. The van der Waals surface area contributed by atoms with Gasteiger partial charge in [0, 0.05) is 0 Å². The molecule has 0 bridgehead atoms. The summed E-state index contributed by atoms with van der Waals surface area (Å²) in [6.45, 7) is 8.94. The maximum atomic E-state index is 10.6. The maximum Gasteiger partial charge on any atom is 0.0608 e. The highest BCUT2D eigenvalue weighted by Crippen LogP contribution is 2.35. The molecule has 1 aliphatic carbocycles. The van der Waals surface area contributed by atoms with Crippen molar-refractivity contribution in [3.63, 3.8) is 0 Å². The van der Waals surface area contributed by atoms with E-state index in [1.165, 1.54) is 42.4 Å². The van der Waals surface area contributed by atoms with E-state index in [-0.39, 0.29) is 6.10 Å². The molecule has 1 N–H and O–H groups in total. The third-order valence-corrected chi connectivity index (χ3v) is 5.24. The summed E-state index contributed by atoms with van der Waals surface area (Å²) >= 11 is 0. The van der Waals surface area contributed by atoms with Crippen LogP contribution in [0.3, 0.4) is 0 Å². The minimum atomic E-state index is -0.163. The van der Waals surface area contributed by atoms with Gasteiger partial charge in [0.1, 0.15) is 0 Å². The Kier molecular flexibility index (Phi) is 5.26. The summed E-state index contributed by atoms with van der Waals surface area (Å²) in [6.07, 6.45) is 5.66. The van der Waals surface area contributed by atoms with Crippen molar-refractivity contribution in [2.75, 3.05) is 0 Å². The van der Waals surface area contributed by atoms with Gasteiger partial charge in [0.05, 0.1) is 6.10 Å². The molecule has 1 aromatic rings. The van der Waals surface area contributed by atoms with Gasteiger partial charge in [-0.2, -0.15) is 0 Å². The van der Waals surface area contributed by atoms with E-state index >= 15 is 0 Å². The van der Waals surface area contributed by atoms with Crippen molar-refractivity contribution in [2.24, 2.45) is 17.8 Å². The van der Waals surface area contributed by atoms with Crippen LogP contribution in [-0.2, 0) is 6.42 Å². The van der Waals surface area contributed by atoms with Crippen molar-refractivity contribution >= 4 is 0 Å². The van der Waals surface area contributed by atoms with Crippen molar-refractivity contribution in [1.29, 1.82) is 0 Å². The van der Waals surface area contributed by atoms with E-state index in [9.17, 15) is 5.11 Å². The lowest BCUT2D eigenvalue weighted by atomic mass is 9.74. The second-order valence-electron chi connectivity index (χ2n) is 7.12. The van der Waals surface area contributed by atoms with Gasteiger partial charge in [-0.05, 0) is 74.8 Å². The maximum absolute atomic E-state index is 10.6. The van der Waals surface area contributed by atoms with Gasteiger partial charge in [-0.1, -0.05) is 37.6 Å². The molecule has 20 heavy (non-hydrogen) atoms. The van der Waals surface area contributed by atoms with Crippen LogP contribution in [0.15, 0.2) is 18.2 Å². The van der Waals surface area contributed by atoms with Crippen LogP contribution in [0, 0.1) is 31.6 Å². The largest absolute Gasteiger partial charge is 0.392 e. The molecule has 0 aliphatic heterocycles. The summed E-state index contributed by atoms with van der Waals surface area (Å²) in [5, 5.41) is 10.6. The Labute approximate surface area is 124 Å². The molecule has 0 spiro atoms. The lowest BCUT2D eigenvalue weighted by molar-refractivity contribution is 0.0674. The molecule has 2 rings (SSSR count). The van der Waals surface area contributed by atoms with Gasteiger partial charge in [-0.15, -0.1) is 0 Å². The molecule has 1 nitrogen and oxygen atoms in total. The molecular weight excluding hydrogens is 244 g/mol. The fourth-order valence-electron chi connectivity index (χ4n) is 3.61. The predicted octanol–water partition coefficient (Wildman–Crippen LogP) is 4.67. The third kappa shape index (κ3) is 3.85. The van der Waals surface area contributed by atoms with Gasteiger partial charge in [0.25, 0.3) is 0 Å². The molecule has 112 valence electrons. The van der Waals surface area contributed by atoms with Crippen LogP contribution < -0.4 is 0 Å². The van der Waals surface area contributed by atoms with Crippen LogP contribution >= 0.6 is 0 Å². The normalized spacial score (nSPS) is 24.9. The average molecular weight is 274 g/mol. The first-order valence-corrected chi connectivity index (χ1v) is 8.21. The first-order valence-electron chi connectivity index (χ1n) is 8.21. The van der Waals surface area contributed by atoms with E-state index in [0.717, 1.165) is 18.3 Å². The van der Waals surface area contributed by atoms with E-state index in [1.54, 1.807) is 0 Å². The first kappa shape index (κ1) is 15.6. The van der Waals surface area contributed by atoms with Gasteiger partial charge in [0.2, 0.25) is 0 Å². The quantitative estimate of drug-likeness (QED) is 0.846. The van der Waals surface area contributed by atoms with Gasteiger partial charge in [0.15, 0.2) is 0 Å². The molecule has 0 aromatic heterocycles. The van der Waals surface area contributed by atoms with Gasteiger partial charge in [-0.3, -0.25) is 0 Å². The molecule has 1 saturated carbocycles. The average Bonchev–Trinajstić information content (AvgIpc) is 2.43. The number of hydrogen-bond acceptors (Lipinski definition) is 1. The van der Waals surface area contributed by atoms with E-state index in [0.29, 0.717) is 5.92 Å². The molecule has 0 amide bonds. The number of hydrogen-bond donors (Lipinski definition) is 1. The van der Waals surface area contributed by atoms with E-state index < -0.39 is 0 Å². The summed E-state index contributed by atoms with van der Waals surface area (Å²) in [4.78, 5) is 0. The van der Waals surface area contributed by atoms with Gasteiger partial charge < -0.3 is 5.11 Å². The molecule has 0 heterocycles. The minimum absolute atomic E-state index is 0.163. The first-order chi connectivity index (χ1) is 9.47. The molecule has 1 fully saturated rings. The lowest BCUT2D eigenvalue weighted by Crippen LogP contribution is -2.29. The zero-order chi connectivity index (χ0) is 14.7. The molecule has 0 radical (unpaired) electrons. The minimum Gasteiger partial charge on any atom is -0.392 e. The molecule has 1 atom stereocenters. The molecule has 1 aliphatic rings. The highest BCUT2D eigenvalue weighted by Gasteiger charge is 2.27. The Hall–Kier alpha value is -0.820. The fraction of sp³-hybridized carbons (Fsp3) is 0.684. The monoisotopic (exact) mass is 274 g/mol. The second kappa shape index (κ2) is 6.76. The van der Waals surface area contributed by atoms with Crippen LogP contribution in [0.2, 0.25) is 0 Å². The van der Waals surface area contributed by atoms with Crippen LogP contribution in [0.1, 0.15) is 56.2 Å². The van der Waals surface area contributed by atoms with Crippen LogP contribution in [0.25, 0.3) is 0 Å². The van der Waals surface area contributed by atoms with E-state index in [1.807, 2.05) is 0 Å². The number of benzene rings is 1. The number of aliphatic hydroxyl groups is 1. The number of aliphatic hydroxyl groups excluding tert-OH is 1. The van der Waals surface area contributed by atoms with Crippen molar-refractivity contribution in [3.05, 3.63) is 34.9 Å². The van der Waals surface area contributed by atoms with Crippen molar-refractivity contribution in [3.8, 4) is 0 Å². The van der Waals surface area contributed by atoms with Crippen LogP contribution in [0.4, 0.5) is 0 Å². The van der Waals surface area contributed by atoms with E-state index in [4.69, 9.17) is 0 Å². The standard InChI is InChI=1S/C19H30O/c1-13(2)16-7-9-17(10-8-16)19(20)12-18-11-14(3)5-6-15(18)4/h5-6,11,13,16-17,19-20H,7-10,12H2,1-4H3. The van der Waals surface area contributed by atoms with Crippen LogP contribution in [0.5, 0.6) is 0 Å². The number of aryl methyl sites for hydroxylation is 2. The smallest absolute Gasteiger partial charge is 0.0608 e. The Morgan fingerprint density at radius 1 is 1.05 bits per heavy atom. The molecule has 1 heteroatoms. The number of rotatable bonds is 4. The van der Waals surface area contributed by atoms with Crippen molar-refractivity contribution in [1.82, 2.24) is 0 Å². The van der Waals surface area contributed by atoms with Gasteiger partial charge >= 0.3 is 0 Å². The van der Waals surface area contributed by atoms with Gasteiger partial charge in [-0.25, -0.2) is 0 Å². The Morgan fingerprint density at radius 2 is 1.65 bits per heavy atom. The zero-order valence-corrected chi connectivity index (χ0v) is 13.5. The topological polar surface area (TPSA) is 20.2 Å². The second-order valence-corrected chi connectivity index (χ2v) is 7.12. The van der Waals surface area contributed by atoms with Crippen molar-refractivity contribution in [2.45, 2.75) is 65.9 Å². The Bertz CT molecular complexity index is 427.